The van der Waals surface area contributed by atoms with Gasteiger partial charge in [-0.2, -0.15) is 0 Å². The van der Waals surface area contributed by atoms with Gasteiger partial charge in [-0.05, 0) is 57.6 Å². The number of anilines is 2. The predicted molar refractivity (Wildman–Crippen MR) is 149 cm³/mol. The molecule has 214 valence electrons. The normalized spacial score (nSPS) is 17.1. The summed E-state index contributed by atoms with van der Waals surface area (Å²) in [6.45, 7) is 8.47. The monoisotopic (exact) mass is 560 g/mol. The number of hydrogen-bond acceptors (Lipinski definition) is 8. The number of rotatable bonds is 12. The zero-order valence-electron chi connectivity index (χ0n) is 23.2. The van der Waals surface area contributed by atoms with Gasteiger partial charge < -0.3 is 19.5 Å². The van der Waals surface area contributed by atoms with Crippen molar-refractivity contribution in [2.75, 3.05) is 16.8 Å². The fourth-order valence-electron chi connectivity index (χ4n) is 4.96. The van der Waals surface area contributed by atoms with Crippen LogP contribution in [0.3, 0.4) is 0 Å². The third-order valence-corrected chi connectivity index (χ3v) is 8.86. The molecule has 0 aliphatic heterocycles. The van der Waals surface area contributed by atoms with Crippen molar-refractivity contribution in [2.45, 2.75) is 96.5 Å². The van der Waals surface area contributed by atoms with E-state index in [4.69, 9.17) is 9.26 Å². The van der Waals surface area contributed by atoms with Crippen LogP contribution in [-0.4, -0.2) is 49.3 Å². The minimum absolute atomic E-state index is 0.0246. The lowest BCUT2D eigenvalue weighted by molar-refractivity contribution is -0.125. The first-order valence-corrected chi connectivity index (χ1v) is 15.4. The number of carbonyl (C=O) groups excluding carboxylic acids is 2. The number of benzene rings is 1. The van der Waals surface area contributed by atoms with E-state index in [1.807, 2.05) is 6.07 Å². The number of aromatic nitrogens is 1. The van der Waals surface area contributed by atoms with Gasteiger partial charge in [0.1, 0.15) is 11.5 Å². The largest absolute Gasteiger partial charge is 0.481 e. The van der Waals surface area contributed by atoms with E-state index in [-0.39, 0.29) is 12.3 Å². The summed E-state index contributed by atoms with van der Waals surface area (Å²) in [6, 6.07) is 7.46. The second-order valence-electron chi connectivity index (χ2n) is 11.1. The topological polar surface area (TPSA) is 131 Å². The standard InChI is InChI=1S/C28H40N4O6S/c1-18(2)17-32(21-8-6-5-7-9-21)26-13-10-22(37-20(4)28(34)31-39(35,36)24-11-12-24)15-25(26)29-27(33)16-23-14-19(3)30-38-23/h10,13-15,18,20-21,24H,5-9,11-12,16-17H2,1-4H3,(H,29,33)(H,31,34). The molecule has 2 amide bonds. The third kappa shape index (κ3) is 7.97. The van der Waals surface area contributed by atoms with Crippen LogP contribution in [0.5, 0.6) is 5.75 Å². The molecule has 1 heterocycles. The molecular formula is C28H40N4O6S. The number of nitrogens with zero attached hydrogens (tertiary/aromatic N) is 2. The molecule has 4 rings (SSSR count). The van der Waals surface area contributed by atoms with Crippen LogP contribution in [0.25, 0.3) is 0 Å². The molecule has 2 fully saturated rings. The number of aryl methyl sites for hydroxylation is 1. The molecule has 2 N–H and O–H groups in total. The van der Waals surface area contributed by atoms with Gasteiger partial charge in [0.05, 0.1) is 28.7 Å². The molecular weight excluding hydrogens is 520 g/mol. The van der Waals surface area contributed by atoms with Crippen molar-refractivity contribution in [3.63, 3.8) is 0 Å². The molecule has 39 heavy (non-hydrogen) atoms. The first-order chi connectivity index (χ1) is 18.5. The summed E-state index contributed by atoms with van der Waals surface area (Å²) in [5.74, 6) is 0.234. The van der Waals surface area contributed by atoms with Gasteiger partial charge in [0.2, 0.25) is 15.9 Å². The highest BCUT2D eigenvalue weighted by atomic mass is 32.2. The predicted octanol–water partition coefficient (Wildman–Crippen LogP) is 4.34. The Morgan fingerprint density at radius 3 is 2.44 bits per heavy atom. The average molecular weight is 561 g/mol. The van der Waals surface area contributed by atoms with Crippen LogP contribution in [0.2, 0.25) is 0 Å². The van der Waals surface area contributed by atoms with Crippen molar-refractivity contribution in [2.24, 2.45) is 5.92 Å². The van der Waals surface area contributed by atoms with Crippen molar-refractivity contribution in [3.05, 3.63) is 35.7 Å². The Morgan fingerprint density at radius 2 is 1.82 bits per heavy atom. The fraction of sp³-hybridized carbons (Fsp3) is 0.607. The zero-order chi connectivity index (χ0) is 28.2. The second kappa shape index (κ2) is 12.4. The first kappa shape index (κ1) is 28.9. The van der Waals surface area contributed by atoms with Crippen molar-refractivity contribution in [1.29, 1.82) is 0 Å². The van der Waals surface area contributed by atoms with Gasteiger partial charge in [-0.15, -0.1) is 0 Å². The molecule has 1 aromatic carbocycles. The fourth-order valence-corrected chi connectivity index (χ4v) is 6.33. The van der Waals surface area contributed by atoms with Crippen molar-refractivity contribution in [1.82, 2.24) is 9.88 Å². The molecule has 2 aromatic rings. The SMILES string of the molecule is Cc1cc(CC(=O)Nc2cc(OC(C)C(=O)NS(=O)(=O)C3CC3)ccc2N(CC(C)C)C2CCCCC2)on1. The molecule has 1 atom stereocenters. The summed E-state index contributed by atoms with van der Waals surface area (Å²) in [6.07, 6.45) is 5.84. The van der Waals surface area contributed by atoms with Crippen LogP contribution < -0.4 is 19.7 Å². The van der Waals surface area contributed by atoms with E-state index in [2.05, 4.69) is 33.9 Å². The van der Waals surface area contributed by atoms with Gasteiger partial charge in [0, 0.05) is 24.7 Å². The lowest BCUT2D eigenvalue weighted by Gasteiger charge is -2.38. The summed E-state index contributed by atoms with van der Waals surface area (Å²) in [4.78, 5) is 28.0. The smallest absolute Gasteiger partial charge is 0.274 e. The van der Waals surface area contributed by atoms with Crippen LogP contribution in [-0.2, 0) is 26.0 Å². The second-order valence-corrected chi connectivity index (χ2v) is 13.1. The van der Waals surface area contributed by atoms with Gasteiger partial charge >= 0.3 is 0 Å². The quantitative estimate of drug-likeness (QED) is 0.392. The summed E-state index contributed by atoms with van der Waals surface area (Å²) < 4.78 is 37.6. The number of amides is 2. The van der Waals surface area contributed by atoms with Gasteiger partial charge in [-0.25, -0.2) is 13.1 Å². The van der Waals surface area contributed by atoms with E-state index >= 15 is 0 Å². The minimum Gasteiger partial charge on any atom is -0.481 e. The third-order valence-electron chi connectivity index (χ3n) is 7.03. The van der Waals surface area contributed by atoms with Crippen molar-refractivity contribution < 1.29 is 27.3 Å². The Balaban J connectivity index is 1.58. The van der Waals surface area contributed by atoms with E-state index < -0.39 is 27.3 Å². The lowest BCUT2D eigenvalue weighted by Crippen LogP contribution is -2.41. The maximum Gasteiger partial charge on any atom is 0.274 e. The molecule has 1 aromatic heterocycles. The molecule has 2 saturated carbocycles. The van der Waals surface area contributed by atoms with Gasteiger partial charge in [0.25, 0.3) is 5.91 Å². The summed E-state index contributed by atoms with van der Waals surface area (Å²) in [5.41, 5.74) is 2.15. The van der Waals surface area contributed by atoms with Crippen LogP contribution in [0.4, 0.5) is 11.4 Å². The molecule has 0 spiro atoms. The minimum atomic E-state index is -3.67. The first-order valence-electron chi connectivity index (χ1n) is 13.9. The molecule has 2 aliphatic rings. The lowest BCUT2D eigenvalue weighted by atomic mass is 9.93. The molecule has 0 radical (unpaired) electrons. The maximum atomic E-state index is 13.0. The van der Waals surface area contributed by atoms with E-state index in [0.29, 0.717) is 47.7 Å². The molecule has 10 nitrogen and oxygen atoms in total. The molecule has 0 bridgehead atoms. The highest BCUT2D eigenvalue weighted by molar-refractivity contribution is 7.90. The number of hydrogen-bond donors (Lipinski definition) is 2. The summed E-state index contributed by atoms with van der Waals surface area (Å²) >= 11 is 0. The van der Waals surface area contributed by atoms with Crippen LogP contribution in [0, 0.1) is 12.8 Å². The average Bonchev–Trinajstić information content (AvgIpc) is 3.66. The Kier molecular flexibility index (Phi) is 9.19. The Labute approximate surface area is 230 Å². The van der Waals surface area contributed by atoms with Crippen LogP contribution >= 0.6 is 0 Å². The van der Waals surface area contributed by atoms with Crippen LogP contribution in [0.1, 0.15) is 77.2 Å². The molecule has 11 heteroatoms. The zero-order valence-corrected chi connectivity index (χ0v) is 24.1. The molecule has 0 saturated heterocycles. The van der Waals surface area contributed by atoms with Crippen LogP contribution in [0.15, 0.2) is 28.8 Å². The summed E-state index contributed by atoms with van der Waals surface area (Å²) in [5, 5.41) is 6.37. The van der Waals surface area contributed by atoms with Crippen molar-refractivity contribution in [3.8, 4) is 5.75 Å². The Morgan fingerprint density at radius 1 is 1.10 bits per heavy atom. The van der Waals surface area contributed by atoms with E-state index in [1.165, 1.54) is 26.2 Å². The highest BCUT2D eigenvalue weighted by Gasteiger charge is 2.37. The van der Waals surface area contributed by atoms with Gasteiger partial charge in [0.15, 0.2) is 6.10 Å². The van der Waals surface area contributed by atoms with Gasteiger partial charge in [-0.3, -0.25) is 9.59 Å². The number of sulfonamides is 1. The number of ether oxygens (including phenoxy) is 1. The maximum absolute atomic E-state index is 13.0. The number of carbonyl (C=O) groups is 2. The molecule has 2 aliphatic carbocycles. The molecule has 1 unspecified atom stereocenters. The van der Waals surface area contributed by atoms with E-state index in [0.717, 1.165) is 25.1 Å². The van der Waals surface area contributed by atoms with Gasteiger partial charge in [-0.1, -0.05) is 38.3 Å². The van der Waals surface area contributed by atoms with E-state index in [9.17, 15) is 18.0 Å². The van der Waals surface area contributed by atoms with E-state index in [1.54, 1.807) is 25.1 Å². The summed E-state index contributed by atoms with van der Waals surface area (Å²) in [7, 11) is -3.67. The van der Waals surface area contributed by atoms with Crippen molar-refractivity contribution >= 4 is 33.2 Å². The number of nitrogens with one attached hydrogen (secondary N) is 2. The Hall–Kier alpha value is -3.08. The Bertz CT molecular complexity index is 1260. The highest BCUT2D eigenvalue weighted by Crippen LogP contribution is 2.36.